The van der Waals surface area contributed by atoms with Crippen LogP contribution in [-0.4, -0.2) is 80.8 Å². The molecule has 0 aliphatic carbocycles. The number of para-hydroxylation sites is 3. The third kappa shape index (κ3) is 13.5. The highest BCUT2D eigenvalue weighted by Crippen LogP contribution is 2.23. The zero-order valence-corrected chi connectivity index (χ0v) is 39.7. The first-order chi connectivity index (χ1) is 35.1. The molecule has 8 N–H and O–H groups in total. The molecular weight excluding hydrogens is 942 g/mol. The number of nitrogens with zero attached hydrogens (tertiary/aromatic N) is 1. The van der Waals surface area contributed by atoms with Gasteiger partial charge in [-0.3, -0.25) is 33.7 Å². The molecule has 0 saturated heterocycles. The number of hydrogen-bond acceptors (Lipinski definition) is 12. The Labute approximate surface area is 415 Å². The van der Waals surface area contributed by atoms with Crippen LogP contribution in [0, 0.1) is 0 Å². The zero-order chi connectivity index (χ0) is 50.2. The minimum absolute atomic E-state index is 0.424. The molecule has 1 aliphatic rings. The van der Waals surface area contributed by atoms with Crippen molar-refractivity contribution in [2.45, 2.75) is 26.1 Å². The van der Waals surface area contributed by atoms with Gasteiger partial charge in [-0.15, -0.1) is 0 Å². The van der Waals surface area contributed by atoms with Crippen molar-refractivity contribution in [3.63, 3.8) is 0 Å². The van der Waals surface area contributed by atoms with Crippen LogP contribution in [0.5, 0.6) is 17.2 Å². The Balaban J connectivity index is 0.000000145. The SMILES string of the molecule is O=c1[nH]c2cccc(OCCN3CCc4ccccc4C3)c2[nH]c1=O.O=c1[nH]c2cccc(OCCNCc3ccc(Cl)cc3)c2[nH]c1=O.O=c1[nH]c2cccc(OCCNCc3ccccc3)c2[nH]c1=O. The standard InChI is InChI=1S/C19H19N3O3.C17H16ClN3O3.C17H17N3O3/c23-18-19(24)21-17-15(20-18)6-3-7-16(17)25-11-10-22-9-8-13-4-1-2-5-14(13)12-22;18-12-6-4-11(5-7-12)10-19-8-9-24-14-3-1-2-13-15(14)21-17(23)16(22)20-13;21-16-17(22)20-15-13(19-16)7-4-8-14(15)23-10-9-18-11-12-5-2-1-3-6-12/h1-7H,8-12H2,(H,20,23)(H,21,24);1-7,19H,8-10H2,(H,20,22)(H,21,23);1-8,18H,9-11H2,(H,19,21)(H,20,22). The summed E-state index contributed by atoms with van der Waals surface area (Å²) in [6, 6.07) is 42.0. The number of fused-ring (bicyclic) bond motifs is 4. The number of hydrogen-bond donors (Lipinski definition) is 8. The van der Waals surface area contributed by atoms with Crippen molar-refractivity contribution in [1.29, 1.82) is 0 Å². The molecule has 0 radical (unpaired) electrons. The number of aromatic amines is 6. The Bertz CT molecular complexity index is 3630. The third-order valence-corrected chi connectivity index (χ3v) is 11.8. The smallest absolute Gasteiger partial charge is 0.314 e. The molecule has 0 unspecified atom stereocenters. The maximum atomic E-state index is 11.6. The lowest BCUT2D eigenvalue weighted by atomic mass is 10.0. The molecule has 0 amide bonds. The molecule has 9 aromatic rings. The van der Waals surface area contributed by atoms with Gasteiger partial charge in [0.1, 0.15) is 53.6 Å². The number of halogens is 1. The second-order valence-electron chi connectivity index (χ2n) is 16.6. The van der Waals surface area contributed by atoms with Crippen molar-refractivity contribution in [1.82, 2.24) is 45.4 Å². The van der Waals surface area contributed by atoms with Gasteiger partial charge in [0.15, 0.2) is 0 Å². The van der Waals surface area contributed by atoms with Crippen LogP contribution < -0.4 is 58.2 Å². The van der Waals surface area contributed by atoms with E-state index in [2.05, 4.69) is 81.8 Å². The minimum Gasteiger partial charge on any atom is -0.490 e. The molecule has 6 aromatic carbocycles. The van der Waals surface area contributed by atoms with E-state index in [-0.39, 0.29) is 0 Å². The van der Waals surface area contributed by atoms with Crippen LogP contribution in [-0.2, 0) is 26.1 Å². The van der Waals surface area contributed by atoms with Crippen LogP contribution in [0.15, 0.2) is 162 Å². The van der Waals surface area contributed by atoms with Gasteiger partial charge in [0.05, 0.1) is 16.6 Å². The highest BCUT2D eigenvalue weighted by molar-refractivity contribution is 6.30. The molecule has 1 aliphatic heterocycles. The first-order valence-corrected chi connectivity index (χ1v) is 23.6. The van der Waals surface area contributed by atoms with Crippen molar-refractivity contribution in [2.24, 2.45) is 0 Å². The molecule has 370 valence electrons. The molecule has 0 bridgehead atoms. The Morgan fingerprint density at radius 3 is 1.35 bits per heavy atom. The van der Waals surface area contributed by atoms with E-state index < -0.39 is 33.4 Å². The average molecular weight is 995 g/mol. The third-order valence-electron chi connectivity index (χ3n) is 11.5. The first kappa shape index (κ1) is 50.1. The summed E-state index contributed by atoms with van der Waals surface area (Å²) in [6.07, 6.45) is 1.05. The number of ether oxygens (including phenoxy) is 3. The van der Waals surface area contributed by atoms with Gasteiger partial charge in [-0.1, -0.05) is 96.5 Å². The molecule has 10 rings (SSSR count). The molecule has 72 heavy (non-hydrogen) atoms. The van der Waals surface area contributed by atoms with Crippen LogP contribution in [0.4, 0.5) is 0 Å². The quantitative estimate of drug-likeness (QED) is 0.0467. The predicted octanol–water partition coefficient (Wildman–Crippen LogP) is 5.08. The topological polar surface area (TPSA) is 252 Å². The molecule has 0 saturated carbocycles. The molecule has 0 fully saturated rings. The lowest BCUT2D eigenvalue weighted by Gasteiger charge is -2.28. The number of benzene rings is 6. The average Bonchev–Trinajstić information content (AvgIpc) is 3.39. The number of nitrogens with one attached hydrogen (secondary N) is 8. The van der Waals surface area contributed by atoms with Gasteiger partial charge >= 0.3 is 33.4 Å². The number of H-pyrrole nitrogens is 6. The fourth-order valence-corrected chi connectivity index (χ4v) is 7.99. The van der Waals surface area contributed by atoms with Gasteiger partial charge in [0.25, 0.3) is 0 Å². The van der Waals surface area contributed by atoms with Crippen molar-refractivity contribution in [3.8, 4) is 17.2 Å². The number of aromatic nitrogens is 6. The van der Waals surface area contributed by atoms with E-state index in [0.717, 1.165) is 38.2 Å². The van der Waals surface area contributed by atoms with Gasteiger partial charge in [-0.2, -0.15) is 0 Å². The predicted molar refractivity (Wildman–Crippen MR) is 279 cm³/mol. The Kier molecular flexibility index (Phi) is 17.1. The maximum Gasteiger partial charge on any atom is 0.314 e. The summed E-state index contributed by atoms with van der Waals surface area (Å²) < 4.78 is 17.3. The minimum atomic E-state index is -0.695. The second kappa shape index (κ2) is 24.5. The summed E-state index contributed by atoms with van der Waals surface area (Å²) in [6.45, 7) is 6.91. The van der Waals surface area contributed by atoms with Crippen molar-refractivity contribution < 1.29 is 14.2 Å². The second-order valence-corrected chi connectivity index (χ2v) is 17.0. The van der Waals surface area contributed by atoms with Gasteiger partial charge < -0.3 is 54.7 Å². The van der Waals surface area contributed by atoms with Gasteiger partial charge in [-0.05, 0) is 77.2 Å². The van der Waals surface area contributed by atoms with Crippen molar-refractivity contribution in [3.05, 3.63) is 223 Å². The van der Waals surface area contributed by atoms with E-state index in [4.69, 9.17) is 25.8 Å². The molecule has 0 spiro atoms. The summed E-state index contributed by atoms with van der Waals surface area (Å²) in [7, 11) is 0. The largest absolute Gasteiger partial charge is 0.490 e. The van der Waals surface area contributed by atoms with E-state index in [1.165, 1.54) is 16.7 Å². The first-order valence-electron chi connectivity index (χ1n) is 23.2. The Morgan fingerprint density at radius 1 is 0.444 bits per heavy atom. The van der Waals surface area contributed by atoms with E-state index in [1.807, 2.05) is 42.5 Å². The molecule has 4 heterocycles. The van der Waals surface area contributed by atoms with Crippen LogP contribution in [0.2, 0.25) is 5.02 Å². The molecule has 0 atom stereocenters. The van der Waals surface area contributed by atoms with E-state index >= 15 is 0 Å². The van der Waals surface area contributed by atoms with Crippen LogP contribution in [0.1, 0.15) is 22.3 Å². The van der Waals surface area contributed by atoms with Gasteiger partial charge in [0, 0.05) is 50.8 Å². The summed E-state index contributed by atoms with van der Waals surface area (Å²) in [5, 5.41) is 7.26. The van der Waals surface area contributed by atoms with Gasteiger partial charge in [0.2, 0.25) is 0 Å². The normalized spacial score (nSPS) is 12.1. The van der Waals surface area contributed by atoms with E-state index in [9.17, 15) is 28.8 Å². The fourth-order valence-electron chi connectivity index (χ4n) is 7.86. The van der Waals surface area contributed by atoms with Crippen LogP contribution in [0.3, 0.4) is 0 Å². The van der Waals surface area contributed by atoms with Crippen molar-refractivity contribution in [2.75, 3.05) is 46.0 Å². The van der Waals surface area contributed by atoms with Crippen LogP contribution >= 0.6 is 11.6 Å². The molecule has 18 nitrogen and oxygen atoms in total. The fraction of sp³-hybridized carbons (Fsp3) is 0.208. The lowest BCUT2D eigenvalue weighted by molar-refractivity contribution is 0.197. The highest BCUT2D eigenvalue weighted by Gasteiger charge is 2.16. The zero-order valence-electron chi connectivity index (χ0n) is 39.0. The van der Waals surface area contributed by atoms with E-state index in [0.29, 0.717) is 94.8 Å². The monoisotopic (exact) mass is 993 g/mol. The summed E-state index contributed by atoms with van der Waals surface area (Å²) in [4.78, 5) is 86.2. The molecule has 19 heteroatoms. The summed E-state index contributed by atoms with van der Waals surface area (Å²) in [5.41, 5.74) is 4.24. The van der Waals surface area contributed by atoms with Crippen LogP contribution in [0.25, 0.3) is 33.1 Å². The Hall–Kier alpha value is -8.29. The van der Waals surface area contributed by atoms with Crippen molar-refractivity contribution >= 4 is 44.7 Å². The Morgan fingerprint density at radius 2 is 0.861 bits per heavy atom. The van der Waals surface area contributed by atoms with Gasteiger partial charge in [-0.25, -0.2) is 0 Å². The molecular formula is C53H52ClN9O9. The molecule has 3 aromatic heterocycles. The maximum absolute atomic E-state index is 11.6. The summed E-state index contributed by atoms with van der Waals surface area (Å²) >= 11 is 5.84. The van der Waals surface area contributed by atoms with E-state index in [1.54, 1.807) is 54.6 Å². The number of rotatable bonds is 16. The summed E-state index contributed by atoms with van der Waals surface area (Å²) in [5.74, 6) is 1.63. The highest BCUT2D eigenvalue weighted by atomic mass is 35.5. The lowest BCUT2D eigenvalue weighted by Crippen LogP contribution is -2.33.